The number of carbonyl (C=O) groups excluding carboxylic acids is 4. The first-order valence-corrected chi connectivity index (χ1v) is 8.58. The molecule has 0 spiro atoms. The van der Waals surface area contributed by atoms with Crippen LogP contribution in [0.3, 0.4) is 0 Å². The van der Waals surface area contributed by atoms with E-state index >= 15 is 0 Å². The highest BCUT2D eigenvalue weighted by molar-refractivity contribution is 5.93. The molecule has 4 amide bonds. The minimum Gasteiger partial charge on any atom is -0.480 e. The van der Waals surface area contributed by atoms with Crippen molar-refractivity contribution in [3.05, 3.63) is 0 Å². The van der Waals surface area contributed by atoms with Gasteiger partial charge in [0.25, 0.3) is 0 Å². The zero-order valence-electron chi connectivity index (χ0n) is 15.8. The molecule has 0 radical (unpaired) electrons. The van der Waals surface area contributed by atoms with Gasteiger partial charge in [-0.05, 0) is 25.7 Å². The minimum atomic E-state index is -1.21. The average molecular weight is 387 g/mol. The number of hydrogen-bond acceptors (Lipinski definition) is 6. The molecule has 11 nitrogen and oxygen atoms in total. The zero-order valence-corrected chi connectivity index (χ0v) is 15.8. The Hall–Kier alpha value is -2.69. The highest BCUT2D eigenvalue weighted by Crippen LogP contribution is 2.06. The van der Waals surface area contributed by atoms with Crippen LogP contribution in [0.5, 0.6) is 0 Å². The van der Waals surface area contributed by atoms with Crippen LogP contribution >= 0.6 is 0 Å². The fraction of sp³-hybridized carbons (Fsp3) is 0.688. The van der Waals surface area contributed by atoms with Crippen LogP contribution in [0.4, 0.5) is 0 Å². The molecule has 8 N–H and O–H groups in total. The molecule has 27 heavy (non-hydrogen) atoms. The average Bonchev–Trinajstić information content (AvgIpc) is 2.55. The van der Waals surface area contributed by atoms with Gasteiger partial charge in [-0.25, -0.2) is 0 Å². The molecule has 3 atom stereocenters. The number of hydrogen-bond donors (Lipinski definition) is 6. The highest BCUT2D eigenvalue weighted by atomic mass is 16.4. The molecule has 0 saturated carbocycles. The Kier molecular flexibility index (Phi) is 10.7. The summed E-state index contributed by atoms with van der Waals surface area (Å²) < 4.78 is 0. The molecule has 0 aromatic heterocycles. The van der Waals surface area contributed by atoms with E-state index < -0.39 is 54.3 Å². The lowest BCUT2D eigenvalue weighted by Crippen LogP contribution is -2.55. The van der Waals surface area contributed by atoms with E-state index in [1.807, 2.05) is 13.8 Å². The fourth-order valence-electron chi connectivity index (χ4n) is 2.11. The smallest absolute Gasteiger partial charge is 0.322 e. The quantitative estimate of drug-likeness (QED) is 0.219. The number of carbonyl (C=O) groups is 5. The van der Waals surface area contributed by atoms with Crippen molar-refractivity contribution in [3.63, 3.8) is 0 Å². The van der Waals surface area contributed by atoms with Gasteiger partial charge in [-0.2, -0.15) is 0 Å². The maximum absolute atomic E-state index is 12.4. The highest BCUT2D eigenvalue weighted by Gasteiger charge is 2.27. The van der Waals surface area contributed by atoms with E-state index in [1.54, 1.807) is 0 Å². The summed E-state index contributed by atoms with van der Waals surface area (Å²) in [6, 6.07) is -2.94. The van der Waals surface area contributed by atoms with E-state index in [9.17, 15) is 24.0 Å². The van der Waals surface area contributed by atoms with Crippen molar-refractivity contribution in [2.24, 2.45) is 17.4 Å². The molecular weight excluding hydrogens is 358 g/mol. The van der Waals surface area contributed by atoms with Gasteiger partial charge in [0.1, 0.15) is 18.6 Å². The van der Waals surface area contributed by atoms with Gasteiger partial charge in [0, 0.05) is 6.42 Å². The van der Waals surface area contributed by atoms with Crippen molar-refractivity contribution in [3.8, 4) is 0 Å². The fourth-order valence-corrected chi connectivity index (χ4v) is 2.11. The van der Waals surface area contributed by atoms with Gasteiger partial charge in [-0.3, -0.25) is 24.0 Å². The SMILES string of the molecule is CC(C)CC(NC(=O)C(N)CCC(N)=O)C(=O)NC(C)C(=O)NCC(=O)O. The number of carboxylic acids is 1. The van der Waals surface area contributed by atoms with Gasteiger partial charge in [-0.15, -0.1) is 0 Å². The van der Waals surface area contributed by atoms with Gasteiger partial charge >= 0.3 is 5.97 Å². The third kappa shape index (κ3) is 10.8. The molecule has 0 aliphatic carbocycles. The number of amides is 4. The Labute approximate surface area is 157 Å². The van der Waals surface area contributed by atoms with Crippen molar-refractivity contribution < 1.29 is 29.1 Å². The van der Waals surface area contributed by atoms with Crippen LogP contribution in [0.1, 0.15) is 40.0 Å². The number of nitrogens with one attached hydrogen (secondary N) is 3. The van der Waals surface area contributed by atoms with Gasteiger partial charge in [0.15, 0.2) is 0 Å². The van der Waals surface area contributed by atoms with Crippen LogP contribution in [-0.2, 0) is 24.0 Å². The lowest BCUT2D eigenvalue weighted by Gasteiger charge is -2.23. The van der Waals surface area contributed by atoms with Crippen LogP contribution in [0.15, 0.2) is 0 Å². The number of aliphatic carboxylic acids is 1. The van der Waals surface area contributed by atoms with Crippen LogP contribution in [0, 0.1) is 5.92 Å². The van der Waals surface area contributed by atoms with Gasteiger partial charge < -0.3 is 32.5 Å². The summed E-state index contributed by atoms with van der Waals surface area (Å²) in [5, 5.41) is 15.6. The maximum Gasteiger partial charge on any atom is 0.322 e. The molecule has 3 unspecified atom stereocenters. The normalized spacial score (nSPS) is 14.0. The lowest BCUT2D eigenvalue weighted by atomic mass is 10.0. The first kappa shape index (κ1) is 24.3. The number of carboxylic acid groups (broad SMARTS) is 1. The predicted molar refractivity (Wildman–Crippen MR) is 96.0 cm³/mol. The maximum atomic E-state index is 12.4. The van der Waals surface area contributed by atoms with Crippen LogP contribution in [0.2, 0.25) is 0 Å². The van der Waals surface area contributed by atoms with Crippen LogP contribution < -0.4 is 27.4 Å². The zero-order chi connectivity index (χ0) is 21.1. The van der Waals surface area contributed by atoms with Gasteiger partial charge in [0.2, 0.25) is 23.6 Å². The third-order valence-corrected chi connectivity index (χ3v) is 3.54. The third-order valence-electron chi connectivity index (χ3n) is 3.54. The van der Waals surface area contributed by atoms with Crippen LogP contribution in [0.25, 0.3) is 0 Å². The second-order valence-corrected chi connectivity index (χ2v) is 6.64. The van der Waals surface area contributed by atoms with Gasteiger partial charge in [0.05, 0.1) is 6.04 Å². The summed E-state index contributed by atoms with van der Waals surface area (Å²) in [7, 11) is 0. The van der Waals surface area contributed by atoms with Gasteiger partial charge in [-0.1, -0.05) is 13.8 Å². The molecular formula is C16H29N5O6. The molecule has 0 bridgehead atoms. The Morgan fingerprint density at radius 3 is 2.04 bits per heavy atom. The predicted octanol–water partition coefficient (Wildman–Crippen LogP) is -2.18. The molecule has 154 valence electrons. The number of primary amides is 1. The molecule has 11 heteroatoms. The van der Waals surface area contributed by atoms with Crippen molar-refractivity contribution in [2.75, 3.05) is 6.54 Å². The molecule has 0 aromatic rings. The number of rotatable bonds is 12. The standard InChI is InChI=1S/C16H29N5O6/c1-8(2)6-11(21-15(26)10(17)4-5-12(18)22)16(27)20-9(3)14(25)19-7-13(23)24/h8-11H,4-7,17H2,1-3H3,(H2,18,22)(H,19,25)(H,20,27)(H,21,26)(H,23,24). The summed E-state index contributed by atoms with van der Waals surface area (Å²) in [6.07, 6.45) is 0.283. The summed E-state index contributed by atoms with van der Waals surface area (Å²) in [6.45, 7) is 4.52. The molecule has 0 aliphatic heterocycles. The Balaban J connectivity index is 4.84. The Bertz CT molecular complexity index is 566. The summed E-state index contributed by atoms with van der Waals surface area (Å²) in [4.78, 5) is 57.6. The van der Waals surface area contributed by atoms with Crippen molar-refractivity contribution in [2.45, 2.75) is 58.2 Å². The van der Waals surface area contributed by atoms with E-state index in [-0.39, 0.29) is 18.8 Å². The van der Waals surface area contributed by atoms with E-state index in [4.69, 9.17) is 16.6 Å². The Morgan fingerprint density at radius 2 is 1.56 bits per heavy atom. The topological polar surface area (TPSA) is 194 Å². The second kappa shape index (κ2) is 11.8. The second-order valence-electron chi connectivity index (χ2n) is 6.64. The van der Waals surface area contributed by atoms with E-state index in [0.29, 0.717) is 6.42 Å². The minimum absolute atomic E-state index is 0.0468. The molecule has 0 heterocycles. The summed E-state index contributed by atoms with van der Waals surface area (Å²) in [5.74, 6) is -3.62. The summed E-state index contributed by atoms with van der Waals surface area (Å²) in [5.41, 5.74) is 10.7. The van der Waals surface area contributed by atoms with E-state index in [1.165, 1.54) is 6.92 Å². The monoisotopic (exact) mass is 387 g/mol. The molecule has 0 aliphatic rings. The molecule has 0 rings (SSSR count). The first-order chi connectivity index (χ1) is 12.4. The molecule has 0 fully saturated rings. The van der Waals surface area contributed by atoms with Crippen molar-refractivity contribution in [1.29, 1.82) is 0 Å². The molecule has 0 aromatic carbocycles. The summed E-state index contributed by atoms with van der Waals surface area (Å²) >= 11 is 0. The molecule has 0 saturated heterocycles. The largest absolute Gasteiger partial charge is 0.480 e. The Morgan fingerprint density at radius 1 is 0.963 bits per heavy atom. The van der Waals surface area contributed by atoms with E-state index in [2.05, 4.69) is 16.0 Å². The van der Waals surface area contributed by atoms with Crippen LogP contribution in [-0.4, -0.2) is 59.4 Å². The van der Waals surface area contributed by atoms with Crippen molar-refractivity contribution in [1.82, 2.24) is 16.0 Å². The first-order valence-electron chi connectivity index (χ1n) is 8.58. The lowest BCUT2D eigenvalue weighted by molar-refractivity contribution is -0.138. The van der Waals surface area contributed by atoms with E-state index in [0.717, 1.165) is 0 Å². The number of nitrogens with two attached hydrogens (primary N) is 2. The van der Waals surface area contributed by atoms with Crippen molar-refractivity contribution >= 4 is 29.6 Å².